The molecule has 2 atom stereocenters. The lowest BCUT2D eigenvalue weighted by molar-refractivity contribution is -0.123. The van der Waals surface area contributed by atoms with Crippen molar-refractivity contribution in [3.8, 4) is 0 Å². The molecule has 2 fully saturated rings. The van der Waals surface area contributed by atoms with Crippen LogP contribution in [-0.2, 0) is 4.79 Å². The molecule has 2 N–H and O–H groups in total. The van der Waals surface area contributed by atoms with Crippen molar-refractivity contribution in [1.82, 2.24) is 10.6 Å². The zero-order chi connectivity index (χ0) is 15.1. The van der Waals surface area contributed by atoms with E-state index in [1.165, 1.54) is 0 Å². The Balaban J connectivity index is 1.55. The predicted molar refractivity (Wildman–Crippen MR) is 84.6 cm³/mol. The first-order valence-corrected chi connectivity index (χ1v) is 8.41. The quantitative estimate of drug-likeness (QED) is 0.910. The number of benzene rings is 1. The molecule has 1 aromatic heterocycles. The Morgan fingerprint density at radius 3 is 2.86 bits per heavy atom. The fourth-order valence-electron chi connectivity index (χ4n) is 2.79. The largest absolute Gasteiger partial charge is 0.459 e. The summed E-state index contributed by atoms with van der Waals surface area (Å²) in [5, 5.41) is 6.65. The lowest BCUT2D eigenvalue weighted by Gasteiger charge is -2.18. The van der Waals surface area contributed by atoms with Crippen LogP contribution in [0.3, 0.4) is 0 Å². The second-order valence-corrected chi connectivity index (χ2v) is 6.80. The Morgan fingerprint density at radius 1 is 1.36 bits per heavy atom. The van der Waals surface area contributed by atoms with E-state index in [2.05, 4.69) is 10.6 Å². The van der Waals surface area contributed by atoms with Crippen molar-refractivity contribution in [1.29, 1.82) is 0 Å². The number of nitrogens with one attached hydrogen (secondary N) is 2. The second kappa shape index (κ2) is 5.35. The molecule has 1 aliphatic carbocycles. The van der Waals surface area contributed by atoms with Gasteiger partial charge in [0.05, 0.1) is 6.04 Å². The fourth-order valence-corrected chi connectivity index (χ4v) is 3.56. The number of fused-ring (bicyclic) bond motifs is 1. The van der Waals surface area contributed by atoms with Crippen LogP contribution in [0.1, 0.15) is 24.6 Å². The SMILES string of the molecule is O=C1N[C@@H](C(=O)N[C@H](c2cc3ccccc3o2)C2CC2)CS1. The van der Waals surface area contributed by atoms with Crippen molar-refractivity contribution in [2.24, 2.45) is 5.92 Å². The van der Waals surface area contributed by atoms with Gasteiger partial charge in [-0.1, -0.05) is 30.0 Å². The molecular weight excluding hydrogens is 300 g/mol. The summed E-state index contributed by atoms with van der Waals surface area (Å²) >= 11 is 1.15. The summed E-state index contributed by atoms with van der Waals surface area (Å²) in [4.78, 5) is 23.6. The fraction of sp³-hybridized carbons (Fsp3) is 0.375. The highest BCUT2D eigenvalue weighted by Gasteiger charge is 2.38. The van der Waals surface area contributed by atoms with Gasteiger partial charge in [0.2, 0.25) is 5.91 Å². The van der Waals surface area contributed by atoms with E-state index in [-0.39, 0.29) is 17.2 Å². The molecule has 1 saturated heterocycles. The van der Waals surface area contributed by atoms with Crippen LogP contribution in [-0.4, -0.2) is 22.9 Å². The molecule has 2 heterocycles. The highest BCUT2D eigenvalue weighted by Crippen LogP contribution is 2.42. The first-order chi connectivity index (χ1) is 10.7. The number of furan rings is 1. The van der Waals surface area contributed by atoms with Crippen molar-refractivity contribution < 1.29 is 14.0 Å². The van der Waals surface area contributed by atoms with Gasteiger partial charge in [0.1, 0.15) is 17.4 Å². The molecular formula is C16H16N2O3S. The van der Waals surface area contributed by atoms with E-state index >= 15 is 0 Å². The van der Waals surface area contributed by atoms with Gasteiger partial charge in [0.25, 0.3) is 5.24 Å². The molecule has 5 nitrogen and oxygen atoms in total. The molecule has 2 aliphatic rings. The smallest absolute Gasteiger partial charge is 0.279 e. The minimum Gasteiger partial charge on any atom is -0.459 e. The molecule has 114 valence electrons. The standard InChI is InChI=1S/C16H16N2O3S/c19-15(11-8-22-16(20)17-11)18-14(9-5-6-9)13-7-10-3-1-2-4-12(10)21-13/h1-4,7,9,11,14H,5-6,8H2,(H,17,20)(H,18,19)/t11-,14+/m1/s1. The molecule has 0 radical (unpaired) electrons. The summed E-state index contributed by atoms with van der Waals surface area (Å²) in [5.74, 6) is 1.58. The second-order valence-electron chi connectivity index (χ2n) is 5.81. The third kappa shape index (κ3) is 2.59. The molecule has 22 heavy (non-hydrogen) atoms. The zero-order valence-corrected chi connectivity index (χ0v) is 12.7. The molecule has 1 aliphatic heterocycles. The molecule has 0 spiro atoms. The van der Waals surface area contributed by atoms with Crippen LogP contribution in [0.2, 0.25) is 0 Å². The van der Waals surface area contributed by atoms with Crippen LogP contribution in [0.4, 0.5) is 4.79 Å². The molecule has 6 heteroatoms. The Kier molecular flexibility index (Phi) is 3.33. The van der Waals surface area contributed by atoms with Crippen LogP contribution >= 0.6 is 11.8 Å². The minimum atomic E-state index is -0.442. The molecule has 2 amide bonds. The van der Waals surface area contributed by atoms with Gasteiger partial charge in [-0.25, -0.2) is 0 Å². The van der Waals surface area contributed by atoms with Gasteiger partial charge in [0.15, 0.2) is 0 Å². The van der Waals surface area contributed by atoms with E-state index in [9.17, 15) is 9.59 Å². The Bertz CT molecular complexity index is 705. The molecule has 1 aromatic carbocycles. The Morgan fingerprint density at radius 2 is 2.18 bits per heavy atom. The monoisotopic (exact) mass is 316 g/mol. The number of thioether (sulfide) groups is 1. The summed E-state index contributed by atoms with van der Waals surface area (Å²) in [6.07, 6.45) is 2.18. The highest BCUT2D eigenvalue weighted by molar-refractivity contribution is 8.14. The number of hydrogen-bond acceptors (Lipinski definition) is 4. The summed E-state index contributed by atoms with van der Waals surface area (Å²) in [6, 6.07) is 9.29. The molecule has 1 saturated carbocycles. The summed E-state index contributed by atoms with van der Waals surface area (Å²) in [7, 11) is 0. The van der Waals surface area contributed by atoms with Gasteiger partial charge in [-0.05, 0) is 30.9 Å². The van der Waals surface area contributed by atoms with Gasteiger partial charge in [-0.2, -0.15) is 0 Å². The average Bonchev–Trinajstić information content (AvgIpc) is 3.11. The van der Waals surface area contributed by atoms with Gasteiger partial charge >= 0.3 is 0 Å². The maximum atomic E-state index is 12.3. The Hall–Kier alpha value is -1.95. The third-order valence-electron chi connectivity index (χ3n) is 4.13. The molecule has 0 unspecified atom stereocenters. The van der Waals surface area contributed by atoms with Crippen molar-refractivity contribution in [2.45, 2.75) is 24.9 Å². The number of carbonyl (C=O) groups excluding carboxylic acids is 2. The van der Waals surface area contributed by atoms with E-state index in [1.54, 1.807) is 0 Å². The number of amides is 2. The average molecular weight is 316 g/mol. The number of carbonyl (C=O) groups is 2. The van der Waals surface area contributed by atoms with Crippen LogP contribution in [0, 0.1) is 5.92 Å². The number of hydrogen-bond donors (Lipinski definition) is 2. The van der Waals surface area contributed by atoms with Crippen LogP contribution in [0.25, 0.3) is 11.0 Å². The third-order valence-corrected chi connectivity index (χ3v) is 5.01. The van der Waals surface area contributed by atoms with Crippen molar-refractivity contribution >= 4 is 33.9 Å². The molecule has 0 bridgehead atoms. The van der Waals surface area contributed by atoms with E-state index in [0.29, 0.717) is 11.7 Å². The van der Waals surface area contributed by atoms with E-state index in [0.717, 1.165) is 41.3 Å². The van der Waals surface area contributed by atoms with Crippen LogP contribution in [0.15, 0.2) is 34.7 Å². The summed E-state index contributed by atoms with van der Waals surface area (Å²) in [6.45, 7) is 0. The van der Waals surface area contributed by atoms with E-state index < -0.39 is 6.04 Å². The van der Waals surface area contributed by atoms with Gasteiger partial charge in [0, 0.05) is 11.1 Å². The maximum Gasteiger partial charge on any atom is 0.279 e. The maximum absolute atomic E-state index is 12.3. The molecule has 4 rings (SSSR count). The minimum absolute atomic E-state index is 0.109. The van der Waals surface area contributed by atoms with E-state index in [1.807, 2.05) is 30.3 Å². The van der Waals surface area contributed by atoms with Crippen molar-refractivity contribution in [3.05, 3.63) is 36.1 Å². The van der Waals surface area contributed by atoms with Gasteiger partial charge in [-0.3, -0.25) is 9.59 Å². The normalized spacial score (nSPS) is 22.5. The summed E-state index contributed by atoms with van der Waals surface area (Å²) in [5.41, 5.74) is 0.835. The highest BCUT2D eigenvalue weighted by atomic mass is 32.2. The lowest BCUT2D eigenvalue weighted by Crippen LogP contribution is -2.44. The van der Waals surface area contributed by atoms with Crippen LogP contribution in [0.5, 0.6) is 0 Å². The van der Waals surface area contributed by atoms with Gasteiger partial charge in [-0.15, -0.1) is 0 Å². The summed E-state index contributed by atoms with van der Waals surface area (Å²) < 4.78 is 5.91. The number of rotatable bonds is 4. The van der Waals surface area contributed by atoms with Crippen molar-refractivity contribution in [3.63, 3.8) is 0 Å². The van der Waals surface area contributed by atoms with Crippen molar-refractivity contribution in [2.75, 3.05) is 5.75 Å². The number of para-hydroxylation sites is 1. The lowest BCUT2D eigenvalue weighted by atomic mass is 10.1. The zero-order valence-electron chi connectivity index (χ0n) is 11.9. The first-order valence-electron chi connectivity index (χ1n) is 7.43. The van der Waals surface area contributed by atoms with Gasteiger partial charge < -0.3 is 15.1 Å². The van der Waals surface area contributed by atoms with Crippen LogP contribution < -0.4 is 10.6 Å². The Labute approximate surface area is 131 Å². The predicted octanol–water partition coefficient (Wildman–Crippen LogP) is 2.83. The first kappa shape index (κ1) is 13.7. The van der Waals surface area contributed by atoms with E-state index in [4.69, 9.17) is 4.42 Å². The molecule has 2 aromatic rings. The topological polar surface area (TPSA) is 71.3 Å².